The normalized spacial score (nSPS) is 11.3. The molecule has 1 heterocycles. The number of nitro groups is 1. The van der Waals surface area contributed by atoms with Crippen molar-refractivity contribution in [3.05, 3.63) is 81.9 Å². The largest absolute Gasteiger partial charge is 0.507 e. The summed E-state index contributed by atoms with van der Waals surface area (Å²) in [7, 11) is 0. The second kappa shape index (κ2) is 6.96. The predicted molar refractivity (Wildman–Crippen MR) is 106 cm³/mol. The molecule has 0 spiro atoms. The molecule has 0 aliphatic heterocycles. The van der Waals surface area contributed by atoms with Gasteiger partial charge in [0, 0.05) is 29.5 Å². The van der Waals surface area contributed by atoms with E-state index in [0.717, 1.165) is 16.6 Å². The zero-order valence-corrected chi connectivity index (χ0v) is 14.9. The SMILES string of the molecule is Cc1ccc2oc(-c3cccc(N=Cc4cc([N+](=O)[O-])ccc4O)c3)nc2c1. The maximum absolute atomic E-state index is 10.9. The molecule has 3 aromatic carbocycles. The third kappa shape index (κ3) is 3.45. The van der Waals surface area contributed by atoms with Crippen LogP contribution in [0.5, 0.6) is 5.75 Å². The molecular formula is C21H15N3O4. The molecule has 0 aliphatic carbocycles. The zero-order chi connectivity index (χ0) is 19.7. The minimum atomic E-state index is -0.521. The van der Waals surface area contributed by atoms with Gasteiger partial charge >= 0.3 is 0 Å². The summed E-state index contributed by atoms with van der Waals surface area (Å²) in [4.78, 5) is 19.2. The number of nitro benzene ring substituents is 1. The number of aryl methyl sites for hydroxylation is 1. The number of hydrogen-bond donors (Lipinski definition) is 1. The molecule has 138 valence electrons. The maximum Gasteiger partial charge on any atom is 0.270 e. The molecule has 0 unspecified atom stereocenters. The Morgan fingerprint density at radius 3 is 2.82 bits per heavy atom. The van der Waals surface area contributed by atoms with E-state index in [1.807, 2.05) is 37.3 Å². The molecule has 4 rings (SSSR count). The van der Waals surface area contributed by atoms with Gasteiger partial charge in [0.05, 0.1) is 10.6 Å². The Labute approximate surface area is 159 Å². The molecule has 0 atom stereocenters. The molecule has 28 heavy (non-hydrogen) atoms. The smallest absolute Gasteiger partial charge is 0.270 e. The van der Waals surface area contributed by atoms with Crippen LogP contribution in [0.25, 0.3) is 22.6 Å². The number of aromatic hydroxyl groups is 1. The average molecular weight is 373 g/mol. The summed E-state index contributed by atoms with van der Waals surface area (Å²) >= 11 is 0. The fourth-order valence-electron chi connectivity index (χ4n) is 2.78. The molecular weight excluding hydrogens is 358 g/mol. The van der Waals surface area contributed by atoms with Crippen molar-refractivity contribution in [2.45, 2.75) is 6.92 Å². The number of hydrogen-bond acceptors (Lipinski definition) is 6. The number of phenolic OH excluding ortho intramolecular Hbond substituents is 1. The molecule has 0 saturated carbocycles. The highest BCUT2D eigenvalue weighted by Gasteiger charge is 2.10. The molecule has 7 nitrogen and oxygen atoms in total. The fraction of sp³-hybridized carbons (Fsp3) is 0.0476. The van der Waals surface area contributed by atoms with Crippen molar-refractivity contribution in [1.82, 2.24) is 4.98 Å². The van der Waals surface area contributed by atoms with E-state index in [9.17, 15) is 15.2 Å². The number of non-ortho nitro benzene ring substituents is 1. The van der Waals surface area contributed by atoms with Crippen LogP contribution in [0, 0.1) is 17.0 Å². The summed E-state index contributed by atoms with van der Waals surface area (Å²) < 4.78 is 5.81. The van der Waals surface area contributed by atoms with Crippen LogP contribution in [0.15, 0.2) is 70.1 Å². The molecule has 0 fully saturated rings. The van der Waals surface area contributed by atoms with Crippen LogP contribution in [0.2, 0.25) is 0 Å². The number of rotatable bonds is 4. The average Bonchev–Trinajstić information content (AvgIpc) is 3.10. The third-order valence-corrected chi connectivity index (χ3v) is 4.21. The maximum atomic E-state index is 10.9. The van der Waals surface area contributed by atoms with Crippen LogP contribution >= 0.6 is 0 Å². The fourth-order valence-corrected chi connectivity index (χ4v) is 2.78. The first-order valence-corrected chi connectivity index (χ1v) is 8.49. The number of nitrogens with zero attached hydrogens (tertiary/aromatic N) is 3. The van der Waals surface area contributed by atoms with E-state index < -0.39 is 4.92 Å². The summed E-state index contributed by atoms with van der Waals surface area (Å²) in [6.45, 7) is 1.99. The monoisotopic (exact) mass is 373 g/mol. The molecule has 0 amide bonds. The topological polar surface area (TPSA) is 102 Å². The summed E-state index contributed by atoms with van der Waals surface area (Å²) in [6, 6.07) is 16.8. The molecule has 7 heteroatoms. The molecule has 0 aliphatic rings. The Morgan fingerprint density at radius 1 is 1.14 bits per heavy atom. The molecule has 4 aromatic rings. The Bertz CT molecular complexity index is 1230. The minimum Gasteiger partial charge on any atom is -0.507 e. The van der Waals surface area contributed by atoms with E-state index in [1.54, 1.807) is 12.1 Å². The van der Waals surface area contributed by atoms with Gasteiger partial charge in [0.1, 0.15) is 11.3 Å². The van der Waals surface area contributed by atoms with Crippen molar-refractivity contribution in [1.29, 1.82) is 0 Å². The Kier molecular flexibility index (Phi) is 4.33. The first-order chi connectivity index (χ1) is 13.5. The quantitative estimate of drug-likeness (QED) is 0.302. The van der Waals surface area contributed by atoms with E-state index in [2.05, 4.69) is 9.98 Å². The third-order valence-electron chi connectivity index (χ3n) is 4.21. The molecule has 0 saturated heterocycles. The van der Waals surface area contributed by atoms with Crippen molar-refractivity contribution in [2.24, 2.45) is 4.99 Å². The number of oxazole rings is 1. The second-order valence-corrected chi connectivity index (χ2v) is 6.30. The lowest BCUT2D eigenvalue weighted by atomic mass is 10.2. The van der Waals surface area contributed by atoms with Gasteiger partial charge in [-0.25, -0.2) is 4.98 Å². The standard InChI is InChI=1S/C21H15N3O4/c1-13-5-8-20-18(9-13)23-21(28-20)14-3-2-4-16(10-14)22-12-15-11-17(24(26)27)6-7-19(15)25/h2-12,25H,1H3. The van der Waals surface area contributed by atoms with Gasteiger partial charge in [-0.05, 0) is 48.9 Å². The molecule has 1 N–H and O–H groups in total. The highest BCUT2D eigenvalue weighted by molar-refractivity contribution is 5.86. The summed E-state index contributed by atoms with van der Waals surface area (Å²) in [5, 5.41) is 20.8. The van der Waals surface area contributed by atoms with Crippen LogP contribution in [0.4, 0.5) is 11.4 Å². The van der Waals surface area contributed by atoms with Crippen molar-refractivity contribution in [3.8, 4) is 17.2 Å². The first kappa shape index (κ1) is 17.4. The van der Waals surface area contributed by atoms with Crippen LogP contribution < -0.4 is 0 Å². The van der Waals surface area contributed by atoms with Gasteiger partial charge in [-0.3, -0.25) is 15.1 Å². The summed E-state index contributed by atoms with van der Waals surface area (Å²) in [5.41, 5.74) is 4.09. The number of phenols is 1. The van der Waals surface area contributed by atoms with Gasteiger partial charge in [0.2, 0.25) is 5.89 Å². The molecule has 0 bridgehead atoms. The van der Waals surface area contributed by atoms with E-state index in [0.29, 0.717) is 17.2 Å². The van der Waals surface area contributed by atoms with E-state index in [1.165, 1.54) is 24.4 Å². The number of aliphatic imine (C=N–C) groups is 1. The Morgan fingerprint density at radius 2 is 2.00 bits per heavy atom. The van der Waals surface area contributed by atoms with Gasteiger partial charge in [0.15, 0.2) is 5.58 Å². The lowest BCUT2D eigenvalue weighted by Gasteiger charge is -2.00. The van der Waals surface area contributed by atoms with Crippen molar-refractivity contribution < 1.29 is 14.4 Å². The van der Waals surface area contributed by atoms with E-state index >= 15 is 0 Å². The number of aromatic nitrogens is 1. The van der Waals surface area contributed by atoms with Gasteiger partial charge in [-0.1, -0.05) is 12.1 Å². The minimum absolute atomic E-state index is 0.0835. The van der Waals surface area contributed by atoms with Gasteiger partial charge in [-0.15, -0.1) is 0 Å². The Hall–Kier alpha value is -4.00. The summed E-state index contributed by atoms with van der Waals surface area (Å²) in [6.07, 6.45) is 1.39. The predicted octanol–water partition coefficient (Wildman–Crippen LogP) is 5.17. The first-order valence-electron chi connectivity index (χ1n) is 8.49. The van der Waals surface area contributed by atoms with Crippen LogP contribution in [0.3, 0.4) is 0 Å². The van der Waals surface area contributed by atoms with Crippen LogP contribution in [-0.2, 0) is 0 Å². The number of fused-ring (bicyclic) bond motifs is 1. The van der Waals surface area contributed by atoms with E-state index in [4.69, 9.17) is 4.42 Å². The van der Waals surface area contributed by atoms with Crippen molar-refractivity contribution in [3.63, 3.8) is 0 Å². The van der Waals surface area contributed by atoms with Crippen LogP contribution in [-0.4, -0.2) is 21.2 Å². The van der Waals surface area contributed by atoms with Gasteiger partial charge in [0.25, 0.3) is 5.69 Å². The van der Waals surface area contributed by atoms with Gasteiger partial charge < -0.3 is 9.52 Å². The van der Waals surface area contributed by atoms with Crippen molar-refractivity contribution >= 4 is 28.7 Å². The van der Waals surface area contributed by atoms with Gasteiger partial charge in [-0.2, -0.15) is 0 Å². The highest BCUT2D eigenvalue weighted by Crippen LogP contribution is 2.28. The lowest BCUT2D eigenvalue weighted by molar-refractivity contribution is -0.384. The lowest BCUT2D eigenvalue weighted by Crippen LogP contribution is -1.90. The Balaban J connectivity index is 1.66. The molecule has 1 aromatic heterocycles. The highest BCUT2D eigenvalue weighted by atomic mass is 16.6. The summed E-state index contributed by atoms with van der Waals surface area (Å²) in [5.74, 6) is 0.399. The zero-order valence-electron chi connectivity index (χ0n) is 14.9. The second-order valence-electron chi connectivity index (χ2n) is 6.30. The van der Waals surface area contributed by atoms with Crippen molar-refractivity contribution in [2.75, 3.05) is 0 Å². The molecule has 0 radical (unpaired) electrons. The van der Waals surface area contributed by atoms with Crippen LogP contribution in [0.1, 0.15) is 11.1 Å². The number of benzene rings is 3. The van der Waals surface area contributed by atoms with E-state index in [-0.39, 0.29) is 17.0 Å².